The summed E-state index contributed by atoms with van der Waals surface area (Å²) in [6.45, 7) is 1.86. The van der Waals surface area contributed by atoms with Gasteiger partial charge < -0.3 is 5.32 Å². The van der Waals surface area contributed by atoms with Gasteiger partial charge in [0.1, 0.15) is 0 Å². The summed E-state index contributed by atoms with van der Waals surface area (Å²) in [5.41, 5.74) is 7.04. The minimum atomic E-state index is -0.393. The van der Waals surface area contributed by atoms with Crippen molar-refractivity contribution in [3.8, 4) is 0 Å². The summed E-state index contributed by atoms with van der Waals surface area (Å²) in [4.78, 5) is 12.0. The molecule has 0 aliphatic carbocycles. The van der Waals surface area contributed by atoms with Gasteiger partial charge in [-0.05, 0) is 55.0 Å². The second-order valence-corrected chi connectivity index (χ2v) is 6.20. The first-order valence-electron chi connectivity index (χ1n) is 6.46. The smallest absolute Gasteiger partial charge is 0.269 e. The van der Waals surface area contributed by atoms with Crippen LogP contribution in [0.4, 0.5) is 5.69 Å². The number of carbonyl (C=O) groups excluding carboxylic acids is 1. The molecule has 8 heteroatoms. The van der Waals surface area contributed by atoms with Gasteiger partial charge in [-0.2, -0.15) is 0 Å². The fraction of sp³-hybridized carbons (Fsp3) is 0.0667. The summed E-state index contributed by atoms with van der Waals surface area (Å²) in [7, 11) is 0. The highest BCUT2D eigenvalue weighted by Crippen LogP contribution is 2.23. The Hall–Kier alpha value is -1.53. The van der Waals surface area contributed by atoms with E-state index in [1.807, 2.05) is 13.0 Å². The molecular formula is C15H12Cl3N3OS. The van der Waals surface area contributed by atoms with Crippen molar-refractivity contribution in [2.24, 2.45) is 0 Å². The third-order valence-electron chi connectivity index (χ3n) is 2.99. The number of carbonyl (C=O) groups is 1. The van der Waals surface area contributed by atoms with Gasteiger partial charge >= 0.3 is 0 Å². The lowest BCUT2D eigenvalue weighted by molar-refractivity contribution is 0.0944. The minimum absolute atomic E-state index is 0.226. The van der Waals surface area contributed by atoms with Gasteiger partial charge in [0.25, 0.3) is 5.91 Å². The normalized spacial score (nSPS) is 10.1. The maximum Gasteiger partial charge on any atom is 0.269 e. The van der Waals surface area contributed by atoms with Crippen molar-refractivity contribution in [3.63, 3.8) is 0 Å². The summed E-state index contributed by atoms with van der Waals surface area (Å²) < 4.78 is 0. The van der Waals surface area contributed by atoms with Crippen LogP contribution in [0.15, 0.2) is 36.4 Å². The Bertz CT molecular complexity index is 768. The van der Waals surface area contributed by atoms with E-state index in [9.17, 15) is 4.79 Å². The van der Waals surface area contributed by atoms with Crippen LogP contribution in [0, 0.1) is 6.92 Å². The quantitative estimate of drug-likeness (QED) is 0.520. The zero-order valence-corrected chi connectivity index (χ0v) is 15.0. The Balaban J connectivity index is 1.94. The van der Waals surface area contributed by atoms with E-state index in [-0.39, 0.29) is 5.11 Å². The fourth-order valence-corrected chi connectivity index (χ4v) is 2.35. The number of hydrazine groups is 1. The Morgan fingerprint density at radius 3 is 2.43 bits per heavy atom. The molecule has 0 aliphatic rings. The highest BCUT2D eigenvalue weighted by atomic mass is 35.5. The molecule has 4 nitrogen and oxygen atoms in total. The molecule has 0 saturated carbocycles. The Morgan fingerprint density at radius 2 is 1.74 bits per heavy atom. The van der Waals surface area contributed by atoms with E-state index >= 15 is 0 Å². The van der Waals surface area contributed by atoms with E-state index in [1.165, 1.54) is 6.07 Å². The topological polar surface area (TPSA) is 53.2 Å². The molecule has 0 bridgehead atoms. The molecule has 120 valence electrons. The lowest BCUT2D eigenvalue weighted by atomic mass is 10.2. The van der Waals surface area contributed by atoms with E-state index in [4.69, 9.17) is 47.0 Å². The number of anilines is 1. The van der Waals surface area contributed by atoms with Gasteiger partial charge in [0.2, 0.25) is 0 Å². The monoisotopic (exact) mass is 387 g/mol. The molecule has 0 spiro atoms. The van der Waals surface area contributed by atoms with Gasteiger partial charge in [0.05, 0.1) is 10.0 Å². The highest BCUT2D eigenvalue weighted by Gasteiger charge is 2.09. The first kappa shape index (κ1) is 17.8. The van der Waals surface area contributed by atoms with Crippen LogP contribution in [0.1, 0.15) is 15.9 Å². The third kappa shape index (κ3) is 4.72. The van der Waals surface area contributed by atoms with Crippen LogP contribution in [0.25, 0.3) is 0 Å². The minimum Gasteiger partial charge on any atom is -0.331 e. The van der Waals surface area contributed by atoms with Gasteiger partial charge in [-0.3, -0.25) is 15.6 Å². The van der Waals surface area contributed by atoms with E-state index in [2.05, 4.69) is 16.2 Å². The molecule has 23 heavy (non-hydrogen) atoms. The lowest BCUT2D eigenvalue weighted by Gasteiger charge is -2.14. The first-order valence-corrected chi connectivity index (χ1v) is 8.00. The van der Waals surface area contributed by atoms with Gasteiger partial charge in [-0.1, -0.05) is 40.9 Å². The summed E-state index contributed by atoms with van der Waals surface area (Å²) in [5, 5.41) is 4.48. The maximum atomic E-state index is 12.0. The van der Waals surface area contributed by atoms with E-state index in [0.29, 0.717) is 20.6 Å². The second kappa shape index (κ2) is 7.84. The van der Waals surface area contributed by atoms with Crippen LogP contribution in [0.3, 0.4) is 0 Å². The molecule has 3 N–H and O–H groups in total. The molecule has 0 radical (unpaired) electrons. The van der Waals surface area contributed by atoms with Gasteiger partial charge in [0, 0.05) is 16.3 Å². The molecule has 0 saturated heterocycles. The van der Waals surface area contributed by atoms with Gasteiger partial charge in [0.15, 0.2) is 5.11 Å². The van der Waals surface area contributed by atoms with E-state index in [0.717, 1.165) is 11.3 Å². The number of nitrogens with one attached hydrogen (secondary N) is 3. The SMILES string of the molecule is Cc1c(Cl)cccc1NC(=S)NNC(=O)c1ccc(Cl)c(Cl)c1. The van der Waals surface area contributed by atoms with Crippen LogP contribution in [0.2, 0.25) is 15.1 Å². The molecule has 0 heterocycles. The molecule has 0 unspecified atom stereocenters. The van der Waals surface area contributed by atoms with Crippen molar-refractivity contribution < 1.29 is 4.79 Å². The molecule has 1 amide bonds. The van der Waals surface area contributed by atoms with Crippen molar-refractivity contribution in [1.82, 2.24) is 10.9 Å². The van der Waals surface area contributed by atoms with Crippen molar-refractivity contribution in [3.05, 3.63) is 62.6 Å². The molecule has 2 aromatic rings. The van der Waals surface area contributed by atoms with Crippen LogP contribution in [0.5, 0.6) is 0 Å². The molecule has 0 aromatic heterocycles. The standard InChI is InChI=1S/C15H12Cl3N3OS/c1-8-10(16)3-2-4-13(8)19-15(23)21-20-14(22)9-5-6-11(17)12(18)7-9/h2-7H,1H3,(H,20,22)(H2,19,21,23). The second-order valence-electron chi connectivity index (χ2n) is 4.57. The predicted molar refractivity (Wildman–Crippen MR) is 99.5 cm³/mol. The van der Waals surface area contributed by atoms with E-state index in [1.54, 1.807) is 24.3 Å². The first-order chi connectivity index (χ1) is 10.9. The fourth-order valence-electron chi connectivity index (χ4n) is 1.72. The van der Waals surface area contributed by atoms with Crippen LogP contribution < -0.4 is 16.2 Å². The average Bonchev–Trinajstić information content (AvgIpc) is 2.52. The number of hydrogen-bond acceptors (Lipinski definition) is 2. The molecule has 0 fully saturated rings. The van der Waals surface area contributed by atoms with Crippen LogP contribution in [-0.2, 0) is 0 Å². The number of thiocarbonyl (C=S) groups is 1. The van der Waals surface area contributed by atoms with E-state index < -0.39 is 5.91 Å². The number of halogens is 3. The van der Waals surface area contributed by atoms with Crippen molar-refractivity contribution >= 4 is 63.7 Å². The molecule has 0 atom stereocenters. The predicted octanol–water partition coefficient (Wildman–Crippen LogP) is 4.59. The zero-order valence-electron chi connectivity index (χ0n) is 11.9. The van der Waals surface area contributed by atoms with Crippen molar-refractivity contribution in [2.75, 3.05) is 5.32 Å². The largest absolute Gasteiger partial charge is 0.331 e. The number of rotatable bonds is 2. The number of benzene rings is 2. The molecule has 0 aliphatic heterocycles. The zero-order chi connectivity index (χ0) is 17.0. The maximum absolute atomic E-state index is 12.0. The molecular weight excluding hydrogens is 377 g/mol. The Labute approximate surface area is 154 Å². The lowest BCUT2D eigenvalue weighted by Crippen LogP contribution is -2.43. The Kier molecular flexibility index (Phi) is 6.07. The number of hydrogen-bond donors (Lipinski definition) is 3. The third-order valence-corrected chi connectivity index (χ3v) is 4.34. The van der Waals surface area contributed by atoms with Crippen molar-refractivity contribution in [2.45, 2.75) is 6.92 Å². The summed E-state index contributed by atoms with van der Waals surface area (Å²) in [5.74, 6) is -0.393. The van der Waals surface area contributed by atoms with Gasteiger partial charge in [-0.25, -0.2) is 0 Å². The summed E-state index contributed by atoms with van der Waals surface area (Å²) in [6, 6.07) is 9.99. The average molecular weight is 389 g/mol. The molecule has 2 rings (SSSR count). The van der Waals surface area contributed by atoms with Crippen molar-refractivity contribution in [1.29, 1.82) is 0 Å². The van der Waals surface area contributed by atoms with Gasteiger partial charge in [-0.15, -0.1) is 0 Å². The summed E-state index contributed by atoms with van der Waals surface area (Å²) >= 11 is 22.8. The highest BCUT2D eigenvalue weighted by molar-refractivity contribution is 7.80. The number of amides is 1. The van der Waals surface area contributed by atoms with Crippen LogP contribution >= 0.6 is 47.0 Å². The molecule has 2 aromatic carbocycles. The summed E-state index contributed by atoms with van der Waals surface area (Å²) in [6.07, 6.45) is 0. The Morgan fingerprint density at radius 1 is 1.00 bits per heavy atom. The van der Waals surface area contributed by atoms with Crippen LogP contribution in [-0.4, -0.2) is 11.0 Å².